The first-order chi connectivity index (χ1) is 14.4. The number of piperazine rings is 1. The molecule has 0 spiro atoms. The van der Waals surface area contributed by atoms with Gasteiger partial charge in [0.2, 0.25) is 5.91 Å². The molecule has 1 aliphatic rings. The summed E-state index contributed by atoms with van der Waals surface area (Å²) in [5.41, 5.74) is 2.36. The van der Waals surface area contributed by atoms with Gasteiger partial charge in [-0.3, -0.25) is 9.69 Å². The Morgan fingerprint density at radius 1 is 1.07 bits per heavy atom. The van der Waals surface area contributed by atoms with Crippen molar-refractivity contribution < 1.29 is 9.53 Å². The number of carbonyl (C=O) groups is 1. The lowest BCUT2D eigenvalue weighted by Crippen LogP contribution is -2.60. The molecule has 2 aromatic rings. The first kappa shape index (κ1) is 22.8. The van der Waals surface area contributed by atoms with Gasteiger partial charge in [0.05, 0.1) is 6.04 Å². The Morgan fingerprint density at radius 3 is 2.13 bits per heavy atom. The fourth-order valence-corrected chi connectivity index (χ4v) is 4.29. The smallest absolute Gasteiger partial charge is 0.239 e. The molecular weight excluding hydrogens is 442 g/mol. The van der Waals surface area contributed by atoms with Crippen LogP contribution in [-0.2, 0) is 4.79 Å². The summed E-state index contributed by atoms with van der Waals surface area (Å²) in [5, 5.41) is 3.05. The van der Waals surface area contributed by atoms with Crippen molar-refractivity contribution in [1.29, 1.82) is 0 Å². The molecule has 0 bridgehead atoms. The summed E-state index contributed by atoms with van der Waals surface area (Å²) in [6, 6.07) is 17.0. The predicted octanol–water partition coefficient (Wildman–Crippen LogP) is 4.02. The van der Waals surface area contributed by atoms with Crippen molar-refractivity contribution in [1.82, 2.24) is 15.1 Å². The monoisotopic (exact) mass is 473 g/mol. The molecule has 5 nitrogen and oxygen atoms in total. The number of hydrogen-bond donors (Lipinski definition) is 1. The summed E-state index contributed by atoms with van der Waals surface area (Å²) in [6.07, 6.45) is 0. The Balaban J connectivity index is 1.50. The molecule has 162 valence electrons. The fourth-order valence-electron chi connectivity index (χ4n) is 4.03. The van der Waals surface area contributed by atoms with Crippen LogP contribution in [0.15, 0.2) is 53.0 Å². The van der Waals surface area contributed by atoms with Crippen molar-refractivity contribution in [2.24, 2.45) is 0 Å². The number of likely N-dealkylation sites (N-methyl/N-ethyl adjacent to an activating group) is 1. The number of amides is 1. The highest BCUT2D eigenvalue weighted by Crippen LogP contribution is 2.24. The second kappa shape index (κ2) is 10.4. The normalized spacial score (nSPS) is 20.8. The number of benzene rings is 2. The number of carbonyl (C=O) groups excluding carboxylic acids is 1. The minimum Gasteiger partial charge on any atom is -0.492 e. The third kappa shape index (κ3) is 5.62. The molecule has 30 heavy (non-hydrogen) atoms. The van der Waals surface area contributed by atoms with Crippen molar-refractivity contribution in [3.8, 4) is 16.9 Å². The van der Waals surface area contributed by atoms with Gasteiger partial charge >= 0.3 is 0 Å². The molecule has 0 aromatic heterocycles. The van der Waals surface area contributed by atoms with Crippen LogP contribution in [-0.4, -0.2) is 67.1 Å². The molecule has 1 saturated heterocycles. The first-order valence-electron chi connectivity index (χ1n) is 10.6. The van der Waals surface area contributed by atoms with Crippen LogP contribution in [0.1, 0.15) is 20.8 Å². The minimum absolute atomic E-state index is 0.139. The molecule has 0 radical (unpaired) electrons. The molecule has 0 aliphatic carbocycles. The average Bonchev–Trinajstić information content (AvgIpc) is 2.75. The Bertz CT molecular complexity index is 813. The molecule has 1 fully saturated rings. The van der Waals surface area contributed by atoms with E-state index in [2.05, 4.69) is 76.4 Å². The van der Waals surface area contributed by atoms with Crippen LogP contribution in [0.5, 0.6) is 5.75 Å². The number of nitrogens with one attached hydrogen (secondary N) is 1. The van der Waals surface area contributed by atoms with E-state index in [9.17, 15) is 4.79 Å². The van der Waals surface area contributed by atoms with Gasteiger partial charge in [0.1, 0.15) is 12.4 Å². The van der Waals surface area contributed by atoms with Crippen LogP contribution in [0.2, 0.25) is 0 Å². The molecule has 3 rings (SSSR count). The van der Waals surface area contributed by atoms with Crippen molar-refractivity contribution >= 4 is 21.8 Å². The number of hydrogen-bond acceptors (Lipinski definition) is 4. The van der Waals surface area contributed by atoms with E-state index >= 15 is 0 Å². The highest BCUT2D eigenvalue weighted by Gasteiger charge is 2.32. The van der Waals surface area contributed by atoms with Crippen LogP contribution in [0.3, 0.4) is 0 Å². The van der Waals surface area contributed by atoms with Gasteiger partial charge in [0.25, 0.3) is 0 Å². The van der Waals surface area contributed by atoms with Crippen molar-refractivity contribution in [2.45, 2.75) is 38.9 Å². The highest BCUT2D eigenvalue weighted by atomic mass is 79.9. The van der Waals surface area contributed by atoms with Crippen LogP contribution < -0.4 is 10.1 Å². The number of rotatable bonds is 7. The summed E-state index contributed by atoms with van der Waals surface area (Å²) in [6.45, 7) is 9.29. The maximum absolute atomic E-state index is 12.5. The summed E-state index contributed by atoms with van der Waals surface area (Å²) in [4.78, 5) is 16.9. The zero-order valence-corrected chi connectivity index (χ0v) is 19.9. The van der Waals surface area contributed by atoms with E-state index in [1.165, 1.54) is 11.1 Å². The zero-order chi connectivity index (χ0) is 21.7. The molecule has 1 amide bonds. The van der Waals surface area contributed by atoms with Gasteiger partial charge in [-0.25, -0.2) is 0 Å². The van der Waals surface area contributed by atoms with Crippen LogP contribution in [0, 0.1) is 0 Å². The Kier molecular flexibility index (Phi) is 7.92. The maximum atomic E-state index is 12.5. The number of ether oxygens (including phenoxy) is 1. The minimum atomic E-state index is -0.139. The second-order valence-electron chi connectivity index (χ2n) is 8.07. The van der Waals surface area contributed by atoms with Crippen LogP contribution in [0.25, 0.3) is 11.1 Å². The van der Waals surface area contributed by atoms with Gasteiger partial charge in [-0.1, -0.05) is 40.2 Å². The van der Waals surface area contributed by atoms with E-state index in [1.54, 1.807) is 0 Å². The Morgan fingerprint density at radius 2 is 1.60 bits per heavy atom. The van der Waals surface area contributed by atoms with E-state index in [1.807, 2.05) is 31.0 Å². The molecule has 1 N–H and O–H groups in total. The third-order valence-electron chi connectivity index (χ3n) is 5.87. The van der Waals surface area contributed by atoms with E-state index in [0.29, 0.717) is 18.7 Å². The highest BCUT2D eigenvalue weighted by molar-refractivity contribution is 9.10. The van der Waals surface area contributed by atoms with Crippen molar-refractivity contribution in [3.63, 3.8) is 0 Å². The lowest BCUT2D eigenvalue weighted by atomic mass is 10.1. The van der Waals surface area contributed by atoms with Crippen molar-refractivity contribution in [3.05, 3.63) is 53.0 Å². The molecule has 6 heteroatoms. The molecule has 2 aromatic carbocycles. The fraction of sp³-hybridized carbons (Fsp3) is 0.458. The topological polar surface area (TPSA) is 44.8 Å². The summed E-state index contributed by atoms with van der Waals surface area (Å²) in [5.74, 6) is 1.06. The molecule has 3 atom stereocenters. The van der Waals surface area contributed by atoms with Gasteiger partial charge in [0, 0.05) is 36.2 Å². The Labute approximate surface area is 188 Å². The van der Waals surface area contributed by atoms with Gasteiger partial charge in [0.15, 0.2) is 0 Å². The lowest BCUT2D eigenvalue weighted by Gasteiger charge is -2.45. The van der Waals surface area contributed by atoms with E-state index < -0.39 is 0 Å². The first-order valence-corrected chi connectivity index (χ1v) is 11.4. The maximum Gasteiger partial charge on any atom is 0.239 e. The third-order valence-corrected chi connectivity index (χ3v) is 6.40. The van der Waals surface area contributed by atoms with Crippen LogP contribution in [0.4, 0.5) is 0 Å². The molecule has 1 unspecified atom stereocenters. The number of halogens is 1. The number of nitrogens with zero attached hydrogens (tertiary/aromatic N) is 2. The molecular formula is C24H32BrN3O2. The largest absolute Gasteiger partial charge is 0.492 e. The average molecular weight is 474 g/mol. The SMILES string of the molecule is CNC(C)C(=O)N1C[C@@H](C)N(CCOc2ccc(-c3ccc(Br)cc3)cc2)[C@@H](C)C1. The standard InChI is InChI=1S/C24H32BrN3O2/c1-17-15-27(24(29)19(3)26-4)16-18(2)28(17)13-14-30-23-11-7-21(8-12-23)20-5-9-22(25)10-6-20/h5-12,17-19,26H,13-16H2,1-4H3/t17-,18+,19?. The molecule has 1 aliphatic heterocycles. The lowest BCUT2D eigenvalue weighted by molar-refractivity contribution is -0.137. The van der Waals surface area contributed by atoms with E-state index in [-0.39, 0.29) is 11.9 Å². The van der Waals surface area contributed by atoms with Gasteiger partial charge in [-0.05, 0) is 63.2 Å². The predicted molar refractivity (Wildman–Crippen MR) is 126 cm³/mol. The van der Waals surface area contributed by atoms with E-state index in [4.69, 9.17) is 4.74 Å². The summed E-state index contributed by atoms with van der Waals surface area (Å²) < 4.78 is 7.09. The van der Waals surface area contributed by atoms with Crippen molar-refractivity contribution in [2.75, 3.05) is 33.3 Å². The second-order valence-corrected chi connectivity index (χ2v) is 8.98. The van der Waals surface area contributed by atoms with Gasteiger partial charge in [-0.2, -0.15) is 0 Å². The summed E-state index contributed by atoms with van der Waals surface area (Å²) in [7, 11) is 1.83. The van der Waals surface area contributed by atoms with Gasteiger partial charge in [-0.15, -0.1) is 0 Å². The quantitative estimate of drug-likeness (QED) is 0.659. The van der Waals surface area contributed by atoms with E-state index in [0.717, 1.165) is 29.9 Å². The van der Waals surface area contributed by atoms with Gasteiger partial charge < -0.3 is 15.0 Å². The molecule has 1 heterocycles. The zero-order valence-electron chi connectivity index (χ0n) is 18.3. The Hall–Kier alpha value is -1.89. The van der Waals surface area contributed by atoms with Crippen LogP contribution >= 0.6 is 15.9 Å². The molecule has 0 saturated carbocycles. The summed E-state index contributed by atoms with van der Waals surface area (Å²) >= 11 is 3.47.